The third-order valence-corrected chi connectivity index (χ3v) is 5.37. The number of methoxy groups -OCH3 is 2. The van der Waals surface area contributed by atoms with Crippen LogP contribution in [0.1, 0.15) is 96.8 Å². The first-order chi connectivity index (χ1) is 14.2. The third kappa shape index (κ3) is 9.96. The zero-order chi connectivity index (χ0) is 21.3. The summed E-state index contributed by atoms with van der Waals surface area (Å²) < 4.78 is 10.2. The Morgan fingerprint density at radius 1 is 0.759 bits per heavy atom. The Kier molecular flexibility index (Phi) is 13.9. The molecule has 4 nitrogen and oxygen atoms in total. The number of hydrogen-bond donors (Lipinski definition) is 0. The van der Waals surface area contributed by atoms with Crippen LogP contribution in [0.15, 0.2) is 35.3 Å². The van der Waals surface area contributed by atoms with E-state index in [1.54, 1.807) is 0 Å². The van der Waals surface area contributed by atoms with Gasteiger partial charge in [0.1, 0.15) is 0 Å². The van der Waals surface area contributed by atoms with Crippen molar-refractivity contribution < 1.29 is 19.1 Å². The van der Waals surface area contributed by atoms with Gasteiger partial charge in [0.15, 0.2) is 11.5 Å². The SMILES string of the molecule is CCCCCCCCC=CCCCCCCCC1=C(OC)C(=O)C=C(OC)C1=O. The normalized spacial score (nSPS) is 14.7. The Bertz CT molecular complexity index is 584. The molecule has 164 valence electrons. The lowest BCUT2D eigenvalue weighted by Crippen LogP contribution is -2.21. The van der Waals surface area contributed by atoms with Crippen LogP contribution in [0.2, 0.25) is 0 Å². The molecule has 0 saturated carbocycles. The quantitative estimate of drug-likeness (QED) is 0.155. The average Bonchev–Trinajstić information content (AvgIpc) is 2.72. The molecule has 0 aromatic rings. The maximum Gasteiger partial charge on any atom is 0.227 e. The van der Waals surface area contributed by atoms with E-state index in [9.17, 15) is 9.59 Å². The molecule has 0 aromatic heterocycles. The number of Topliss-reactive ketones (excluding diaryl/α,β-unsaturated/α-hetero) is 1. The van der Waals surface area contributed by atoms with Crippen molar-refractivity contribution in [2.75, 3.05) is 14.2 Å². The van der Waals surface area contributed by atoms with Gasteiger partial charge in [-0.2, -0.15) is 0 Å². The summed E-state index contributed by atoms with van der Waals surface area (Å²) in [5.74, 6) is -0.226. The van der Waals surface area contributed by atoms with E-state index in [1.807, 2.05) is 0 Å². The molecule has 4 heteroatoms. The number of allylic oxidation sites excluding steroid dienone is 4. The van der Waals surface area contributed by atoms with Crippen molar-refractivity contribution in [3.8, 4) is 0 Å². The van der Waals surface area contributed by atoms with Gasteiger partial charge < -0.3 is 9.47 Å². The predicted octanol–water partition coefficient (Wildman–Crippen LogP) is 6.61. The summed E-state index contributed by atoms with van der Waals surface area (Å²) >= 11 is 0. The predicted molar refractivity (Wildman–Crippen MR) is 119 cm³/mol. The van der Waals surface area contributed by atoms with Gasteiger partial charge in [0.05, 0.1) is 14.2 Å². The Morgan fingerprint density at radius 3 is 1.86 bits per heavy atom. The van der Waals surface area contributed by atoms with Crippen LogP contribution < -0.4 is 0 Å². The van der Waals surface area contributed by atoms with Crippen molar-refractivity contribution in [2.45, 2.75) is 96.8 Å². The average molecular weight is 405 g/mol. The third-order valence-electron chi connectivity index (χ3n) is 5.37. The fourth-order valence-electron chi connectivity index (χ4n) is 3.63. The van der Waals surface area contributed by atoms with Gasteiger partial charge in [-0.3, -0.25) is 9.59 Å². The van der Waals surface area contributed by atoms with Crippen LogP contribution in [0.5, 0.6) is 0 Å². The van der Waals surface area contributed by atoms with E-state index < -0.39 is 0 Å². The largest absolute Gasteiger partial charge is 0.493 e. The molecule has 0 unspecified atom stereocenters. The lowest BCUT2D eigenvalue weighted by molar-refractivity contribution is -0.120. The molecule has 1 aliphatic rings. The Morgan fingerprint density at radius 2 is 1.31 bits per heavy atom. The molecular weight excluding hydrogens is 364 g/mol. The van der Waals surface area contributed by atoms with Crippen molar-refractivity contribution in [2.24, 2.45) is 0 Å². The van der Waals surface area contributed by atoms with E-state index in [0.717, 1.165) is 25.7 Å². The minimum absolute atomic E-state index is 0.110. The highest BCUT2D eigenvalue weighted by Crippen LogP contribution is 2.25. The highest BCUT2D eigenvalue weighted by atomic mass is 16.5. The van der Waals surface area contributed by atoms with E-state index >= 15 is 0 Å². The Labute approximate surface area is 177 Å². The van der Waals surface area contributed by atoms with Gasteiger partial charge in [-0.05, 0) is 38.5 Å². The minimum Gasteiger partial charge on any atom is -0.493 e. The van der Waals surface area contributed by atoms with E-state index in [2.05, 4.69) is 19.1 Å². The maximum absolute atomic E-state index is 12.4. The lowest BCUT2D eigenvalue weighted by Gasteiger charge is -2.17. The number of hydrogen-bond acceptors (Lipinski definition) is 4. The fourth-order valence-corrected chi connectivity index (χ4v) is 3.63. The summed E-state index contributed by atoms with van der Waals surface area (Å²) in [6.07, 6.45) is 22.5. The zero-order valence-corrected chi connectivity index (χ0v) is 18.8. The molecule has 29 heavy (non-hydrogen) atoms. The van der Waals surface area contributed by atoms with E-state index in [-0.39, 0.29) is 23.1 Å². The Balaban J connectivity index is 2.10. The Hall–Kier alpha value is -1.84. The van der Waals surface area contributed by atoms with Gasteiger partial charge in [-0.1, -0.05) is 70.4 Å². The number of unbranched alkanes of at least 4 members (excludes halogenated alkanes) is 11. The summed E-state index contributed by atoms with van der Waals surface area (Å²) in [4.78, 5) is 24.4. The molecule has 0 fully saturated rings. The molecular formula is C25H40O4. The second-order valence-corrected chi connectivity index (χ2v) is 7.75. The van der Waals surface area contributed by atoms with Gasteiger partial charge in [0, 0.05) is 11.6 Å². The second kappa shape index (κ2) is 16.0. The van der Waals surface area contributed by atoms with Crippen LogP contribution in [0.3, 0.4) is 0 Å². The number of ketones is 2. The topological polar surface area (TPSA) is 52.6 Å². The van der Waals surface area contributed by atoms with Gasteiger partial charge in [0.25, 0.3) is 0 Å². The molecule has 0 aliphatic heterocycles. The van der Waals surface area contributed by atoms with Gasteiger partial charge in [-0.15, -0.1) is 0 Å². The molecule has 0 heterocycles. The van der Waals surface area contributed by atoms with E-state index in [1.165, 1.54) is 78.1 Å². The van der Waals surface area contributed by atoms with Crippen molar-refractivity contribution in [1.82, 2.24) is 0 Å². The number of carbonyl (C=O) groups is 2. The van der Waals surface area contributed by atoms with Crippen LogP contribution in [0, 0.1) is 0 Å². The first-order valence-corrected chi connectivity index (χ1v) is 11.4. The minimum atomic E-state index is -0.285. The van der Waals surface area contributed by atoms with Crippen molar-refractivity contribution in [3.63, 3.8) is 0 Å². The van der Waals surface area contributed by atoms with Crippen LogP contribution in [-0.2, 0) is 19.1 Å². The molecule has 0 spiro atoms. The maximum atomic E-state index is 12.4. The fraction of sp³-hybridized carbons (Fsp3) is 0.680. The van der Waals surface area contributed by atoms with Crippen molar-refractivity contribution in [3.05, 3.63) is 35.3 Å². The number of ether oxygens (including phenoxy) is 2. The molecule has 0 bridgehead atoms. The second-order valence-electron chi connectivity index (χ2n) is 7.75. The van der Waals surface area contributed by atoms with Crippen LogP contribution in [0.4, 0.5) is 0 Å². The highest BCUT2D eigenvalue weighted by molar-refractivity contribution is 6.21. The van der Waals surface area contributed by atoms with Gasteiger partial charge in [-0.25, -0.2) is 0 Å². The standard InChI is InChI=1S/C25H40O4/c1-4-5-6-7-8-9-10-11-12-13-14-15-16-17-18-19-21-24(27)23(28-2)20-22(26)25(21)29-3/h11-12,20H,4-10,13-19H2,1-3H3. The molecule has 0 saturated heterocycles. The molecule has 1 aliphatic carbocycles. The van der Waals surface area contributed by atoms with Gasteiger partial charge in [0.2, 0.25) is 11.6 Å². The van der Waals surface area contributed by atoms with Crippen LogP contribution >= 0.6 is 0 Å². The first-order valence-electron chi connectivity index (χ1n) is 11.4. The highest BCUT2D eigenvalue weighted by Gasteiger charge is 2.29. The summed E-state index contributed by atoms with van der Waals surface area (Å²) in [7, 11) is 2.85. The molecule has 0 aromatic carbocycles. The molecule has 0 atom stereocenters. The summed E-state index contributed by atoms with van der Waals surface area (Å²) in [5.41, 5.74) is 0.453. The summed E-state index contributed by atoms with van der Waals surface area (Å²) in [5, 5.41) is 0. The first kappa shape index (κ1) is 25.2. The monoisotopic (exact) mass is 404 g/mol. The summed E-state index contributed by atoms with van der Waals surface area (Å²) in [6, 6.07) is 0. The van der Waals surface area contributed by atoms with Crippen molar-refractivity contribution in [1.29, 1.82) is 0 Å². The van der Waals surface area contributed by atoms with Gasteiger partial charge >= 0.3 is 0 Å². The van der Waals surface area contributed by atoms with E-state index in [4.69, 9.17) is 9.47 Å². The zero-order valence-electron chi connectivity index (χ0n) is 18.8. The molecule has 0 radical (unpaired) electrons. The number of carbonyl (C=O) groups excluding carboxylic acids is 2. The van der Waals surface area contributed by atoms with Crippen molar-refractivity contribution >= 4 is 11.6 Å². The molecule has 1 rings (SSSR count). The van der Waals surface area contributed by atoms with Crippen LogP contribution in [0.25, 0.3) is 0 Å². The van der Waals surface area contributed by atoms with Crippen LogP contribution in [-0.4, -0.2) is 25.8 Å². The molecule has 0 N–H and O–H groups in total. The van der Waals surface area contributed by atoms with E-state index in [0.29, 0.717) is 12.0 Å². The smallest absolute Gasteiger partial charge is 0.227 e. The molecule has 0 amide bonds. The summed E-state index contributed by atoms with van der Waals surface area (Å²) in [6.45, 7) is 2.26. The lowest BCUT2D eigenvalue weighted by atomic mass is 9.94. The number of rotatable bonds is 17.